The molecule has 0 atom stereocenters. The Hall–Kier alpha value is -2.23. The molecule has 4 heteroatoms. The van der Waals surface area contributed by atoms with Gasteiger partial charge in [0.25, 0.3) is 0 Å². The highest BCUT2D eigenvalue weighted by Crippen LogP contribution is 2.35. The average Bonchev–Trinajstić information content (AvgIpc) is 2.66. The number of alkyl halides is 3. The van der Waals surface area contributed by atoms with E-state index in [0.29, 0.717) is 18.2 Å². The van der Waals surface area contributed by atoms with Gasteiger partial charge < -0.3 is 5.32 Å². The van der Waals surface area contributed by atoms with Crippen LogP contribution in [0.2, 0.25) is 0 Å². The summed E-state index contributed by atoms with van der Waals surface area (Å²) in [6, 6.07) is 16.0. The van der Waals surface area contributed by atoms with Crippen molar-refractivity contribution in [3.05, 3.63) is 77.4 Å². The molecule has 3 rings (SSSR count). The zero-order chi connectivity index (χ0) is 18.4. The molecule has 0 spiro atoms. The highest BCUT2D eigenvalue weighted by Gasteiger charge is 2.30. The number of hydrogen-bond donors (Lipinski definition) is 1. The van der Waals surface area contributed by atoms with E-state index in [1.54, 1.807) is 6.07 Å². The monoisotopic (exact) mass is 359 g/mol. The summed E-state index contributed by atoms with van der Waals surface area (Å²) in [5.74, 6) is 0.650. The van der Waals surface area contributed by atoms with Crippen LogP contribution in [-0.2, 0) is 6.18 Å². The van der Waals surface area contributed by atoms with Crippen molar-refractivity contribution >= 4 is 5.69 Å². The van der Waals surface area contributed by atoms with Crippen LogP contribution in [-0.4, -0.2) is 6.54 Å². The van der Waals surface area contributed by atoms with Gasteiger partial charge in [-0.25, -0.2) is 0 Å². The second kappa shape index (κ2) is 8.43. The van der Waals surface area contributed by atoms with Crippen molar-refractivity contribution in [1.29, 1.82) is 0 Å². The van der Waals surface area contributed by atoms with Crippen LogP contribution in [0.15, 0.2) is 66.2 Å². The van der Waals surface area contributed by atoms with Crippen LogP contribution in [0.25, 0.3) is 0 Å². The number of allylic oxidation sites excluding steroid dienone is 1. The first-order valence-electron chi connectivity index (χ1n) is 9.16. The zero-order valence-corrected chi connectivity index (χ0v) is 14.7. The smallest absolute Gasteiger partial charge is 0.385 e. The van der Waals surface area contributed by atoms with Crippen molar-refractivity contribution in [2.75, 3.05) is 11.9 Å². The minimum atomic E-state index is -4.29. The Morgan fingerprint density at radius 3 is 2.38 bits per heavy atom. The normalized spacial score (nSPS) is 17.8. The molecule has 138 valence electrons. The summed E-state index contributed by atoms with van der Waals surface area (Å²) in [4.78, 5) is 0. The third kappa shape index (κ3) is 5.13. The fraction of sp³-hybridized carbons (Fsp3) is 0.364. The maximum Gasteiger partial charge on any atom is 0.416 e. The number of nitrogens with one attached hydrogen (secondary N) is 1. The molecule has 0 aromatic heterocycles. The fourth-order valence-electron chi connectivity index (χ4n) is 3.55. The molecule has 0 unspecified atom stereocenters. The lowest BCUT2D eigenvalue weighted by Gasteiger charge is -2.24. The summed E-state index contributed by atoms with van der Waals surface area (Å²) in [5, 5.41) is 3.09. The predicted molar refractivity (Wildman–Crippen MR) is 100 cm³/mol. The van der Waals surface area contributed by atoms with E-state index in [9.17, 15) is 13.2 Å². The van der Waals surface area contributed by atoms with E-state index in [2.05, 4.69) is 41.7 Å². The van der Waals surface area contributed by atoms with Crippen LogP contribution >= 0.6 is 0 Å². The van der Waals surface area contributed by atoms with Gasteiger partial charge in [0.05, 0.1) is 5.56 Å². The Morgan fingerprint density at radius 1 is 0.962 bits per heavy atom. The Bertz CT molecular complexity index is 725. The van der Waals surface area contributed by atoms with E-state index in [1.807, 2.05) is 0 Å². The molecule has 1 aliphatic carbocycles. The molecule has 0 saturated heterocycles. The van der Waals surface area contributed by atoms with Crippen molar-refractivity contribution in [3.8, 4) is 0 Å². The molecule has 0 heterocycles. The van der Waals surface area contributed by atoms with Gasteiger partial charge in [-0.1, -0.05) is 48.0 Å². The molecule has 1 fully saturated rings. The lowest BCUT2D eigenvalue weighted by Crippen LogP contribution is -2.08. The van der Waals surface area contributed by atoms with E-state index in [-0.39, 0.29) is 0 Å². The number of halogens is 3. The summed E-state index contributed by atoms with van der Waals surface area (Å²) < 4.78 is 38.1. The zero-order valence-electron chi connectivity index (χ0n) is 14.7. The highest BCUT2D eigenvalue weighted by molar-refractivity contribution is 5.46. The van der Waals surface area contributed by atoms with Gasteiger partial charge in [-0.15, -0.1) is 0 Å². The molecule has 1 nitrogen and oxygen atoms in total. The summed E-state index contributed by atoms with van der Waals surface area (Å²) in [7, 11) is 0. The van der Waals surface area contributed by atoms with Gasteiger partial charge in [-0.05, 0) is 61.8 Å². The molecule has 1 N–H and O–H groups in total. The number of hydrogen-bond acceptors (Lipinski definition) is 1. The Labute approximate surface area is 152 Å². The second-order valence-corrected chi connectivity index (χ2v) is 6.84. The van der Waals surface area contributed by atoms with Crippen molar-refractivity contribution in [1.82, 2.24) is 0 Å². The Kier molecular flexibility index (Phi) is 6.02. The molecular formula is C22H24F3N. The van der Waals surface area contributed by atoms with Crippen molar-refractivity contribution in [3.63, 3.8) is 0 Å². The molecule has 2 aromatic rings. The van der Waals surface area contributed by atoms with Crippen molar-refractivity contribution in [2.24, 2.45) is 0 Å². The van der Waals surface area contributed by atoms with E-state index in [1.165, 1.54) is 30.0 Å². The van der Waals surface area contributed by atoms with Crippen LogP contribution in [0, 0.1) is 0 Å². The summed E-state index contributed by atoms with van der Waals surface area (Å²) in [5.41, 5.74) is 2.81. The second-order valence-electron chi connectivity index (χ2n) is 6.84. The van der Waals surface area contributed by atoms with Crippen LogP contribution in [0.1, 0.15) is 49.1 Å². The van der Waals surface area contributed by atoms with E-state index < -0.39 is 11.7 Å². The number of rotatable bonds is 5. The van der Waals surface area contributed by atoms with Crippen molar-refractivity contribution in [2.45, 2.75) is 44.2 Å². The van der Waals surface area contributed by atoms with E-state index >= 15 is 0 Å². The van der Waals surface area contributed by atoms with Gasteiger partial charge in [-0.3, -0.25) is 0 Å². The maximum absolute atomic E-state index is 12.7. The number of anilines is 1. The molecule has 1 saturated carbocycles. The van der Waals surface area contributed by atoms with E-state index in [0.717, 1.165) is 31.4 Å². The Balaban J connectivity index is 1.44. The van der Waals surface area contributed by atoms with Gasteiger partial charge in [-0.2, -0.15) is 13.2 Å². The van der Waals surface area contributed by atoms with Gasteiger partial charge in [0.1, 0.15) is 0 Å². The van der Waals surface area contributed by atoms with Gasteiger partial charge in [0.15, 0.2) is 0 Å². The SMILES string of the molecule is FC(F)(F)c1cccc(NCCC=C2CCC(c3ccccc3)CC2)c1. The minimum absolute atomic E-state index is 0.519. The van der Waals surface area contributed by atoms with Crippen molar-refractivity contribution < 1.29 is 13.2 Å². The lowest BCUT2D eigenvalue weighted by molar-refractivity contribution is -0.137. The molecule has 0 radical (unpaired) electrons. The first-order chi connectivity index (χ1) is 12.5. The molecule has 0 bridgehead atoms. The summed E-state index contributed by atoms with van der Waals surface area (Å²) in [6.45, 7) is 0.646. The molecule has 2 aromatic carbocycles. The van der Waals surface area contributed by atoms with Gasteiger partial charge in [0.2, 0.25) is 0 Å². The average molecular weight is 359 g/mol. The van der Waals surface area contributed by atoms with Crippen LogP contribution in [0.4, 0.5) is 18.9 Å². The standard InChI is InChI=1S/C22H24F3N/c23-22(24,25)20-9-4-10-21(16-20)26-15-5-6-17-11-13-19(14-12-17)18-7-2-1-3-8-18/h1-4,6-10,16,19,26H,5,11-15H2. The molecule has 1 aliphatic rings. The van der Waals surface area contributed by atoms with Crippen LogP contribution in [0.3, 0.4) is 0 Å². The first-order valence-corrected chi connectivity index (χ1v) is 9.16. The topological polar surface area (TPSA) is 12.0 Å². The number of benzene rings is 2. The third-order valence-corrected chi connectivity index (χ3v) is 5.00. The molecule has 0 aliphatic heterocycles. The lowest BCUT2D eigenvalue weighted by atomic mass is 9.81. The first kappa shape index (κ1) is 18.6. The van der Waals surface area contributed by atoms with Gasteiger partial charge >= 0.3 is 6.18 Å². The van der Waals surface area contributed by atoms with E-state index in [4.69, 9.17) is 0 Å². The molecule has 0 amide bonds. The fourth-order valence-corrected chi connectivity index (χ4v) is 3.55. The Morgan fingerprint density at radius 2 is 1.69 bits per heavy atom. The predicted octanol–water partition coefficient (Wildman–Crippen LogP) is 6.79. The van der Waals surface area contributed by atoms with Gasteiger partial charge in [0, 0.05) is 12.2 Å². The van der Waals surface area contributed by atoms with Crippen LogP contribution < -0.4 is 5.32 Å². The highest BCUT2D eigenvalue weighted by atomic mass is 19.4. The third-order valence-electron chi connectivity index (χ3n) is 5.00. The van der Waals surface area contributed by atoms with Crippen LogP contribution in [0.5, 0.6) is 0 Å². The summed E-state index contributed by atoms with van der Waals surface area (Å²) >= 11 is 0. The maximum atomic E-state index is 12.7. The minimum Gasteiger partial charge on any atom is -0.385 e. The quantitative estimate of drug-likeness (QED) is 0.458. The largest absolute Gasteiger partial charge is 0.416 e. The molecule has 26 heavy (non-hydrogen) atoms. The molecular weight excluding hydrogens is 335 g/mol. The summed E-state index contributed by atoms with van der Waals surface area (Å²) in [6.07, 6.45) is 3.38.